The molecule has 2 rings (SSSR count). The molecule has 0 aliphatic heterocycles. The maximum Gasteiger partial charge on any atom is 0.195 e. The summed E-state index contributed by atoms with van der Waals surface area (Å²) in [6, 6.07) is 0. The predicted octanol–water partition coefficient (Wildman–Crippen LogP) is 4.11. The highest BCUT2D eigenvalue weighted by Gasteiger charge is 2.12. The molecule has 2 heterocycles. The van der Waals surface area contributed by atoms with Gasteiger partial charge in [0.15, 0.2) is 4.96 Å². The lowest BCUT2D eigenvalue weighted by Crippen LogP contribution is -1.90. The number of halogens is 1. The second kappa shape index (κ2) is 4.47. The van der Waals surface area contributed by atoms with Gasteiger partial charge < -0.3 is 0 Å². The van der Waals surface area contributed by atoms with Gasteiger partial charge in [0, 0.05) is 16.8 Å². The summed E-state index contributed by atoms with van der Waals surface area (Å²) in [6.45, 7) is 6.53. The number of aromatic nitrogens is 2. The molecule has 0 spiro atoms. The first-order valence-electron chi connectivity index (χ1n) is 4.82. The van der Waals surface area contributed by atoms with Gasteiger partial charge in [-0.3, -0.25) is 4.40 Å². The number of thiazole rings is 1. The van der Waals surface area contributed by atoms with E-state index in [1.54, 1.807) is 11.3 Å². The Morgan fingerprint density at radius 3 is 2.93 bits per heavy atom. The third-order valence-electron chi connectivity index (χ3n) is 2.10. The topological polar surface area (TPSA) is 17.3 Å². The fraction of sp³-hybridized carbons (Fsp3) is 0.500. The second-order valence-electron chi connectivity index (χ2n) is 3.70. The van der Waals surface area contributed by atoms with Gasteiger partial charge in [-0.25, -0.2) is 4.98 Å². The van der Waals surface area contributed by atoms with Crippen LogP contribution in [0.15, 0.2) is 9.98 Å². The van der Waals surface area contributed by atoms with Crippen LogP contribution in [0.4, 0.5) is 0 Å². The molecule has 0 aliphatic carbocycles. The van der Waals surface area contributed by atoms with Gasteiger partial charge in [0.25, 0.3) is 0 Å². The summed E-state index contributed by atoms with van der Waals surface area (Å²) in [5.41, 5.74) is 2.40. The van der Waals surface area contributed by atoms with E-state index >= 15 is 0 Å². The molecule has 0 atom stereocenters. The van der Waals surface area contributed by atoms with Gasteiger partial charge in [-0.05, 0) is 28.1 Å². The van der Waals surface area contributed by atoms with Gasteiger partial charge in [0.05, 0.1) is 5.69 Å². The summed E-state index contributed by atoms with van der Waals surface area (Å²) >= 11 is 7.24. The average molecular weight is 305 g/mol. The fourth-order valence-electron chi connectivity index (χ4n) is 1.34. The summed E-state index contributed by atoms with van der Waals surface area (Å²) in [7, 11) is 0. The summed E-state index contributed by atoms with van der Waals surface area (Å²) in [5, 5.41) is 2.78. The molecule has 0 aromatic carbocycles. The molecule has 2 aromatic heterocycles. The Bertz CT molecular complexity index is 473. The summed E-state index contributed by atoms with van der Waals surface area (Å²) in [4.78, 5) is 5.70. The van der Waals surface area contributed by atoms with Gasteiger partial charge in [0.1, 0.15) is 4.60 Å². The van der Waals surface area contributed by atoms with Crippen molar-refractivity contribution in [1.82, 2.24) is 9.38 Å². The number of hydrogen-bond acceptors (Lipinski definition) is 3. The molecule has 0 saturated carbocycles. The number of thioether (sulfide) groups is 1. The molecule has 0 N–H and O–H groups in total. The first kappa shape index (κ1) is 11.5. The normalized spacial score (nSPS) is 11.8. The molecule has 0 amide bonds. The number of fused-ring (bicyclic) bond motifs is 1. The molecular weight excluding hydrogens is 292 g/mol. The highest BCUT2D eigenvalue weighted by Crippen LogP contribution is 2.28. The minimum Gasteiger partial charge on any atom is -0.282 e. The molecule has 2 nitrogen and oxygen atoms in total. The highest BCUT2D eigenvalue weighted by atomic mass is 79.9. The van der Waals surface area contributed by atoms with E-state index in [0.717, 1.165) is 21.0 Å². The van der Waals surface area contributed by atoms with E-state index < -0.39 is 0 Å². The number of hydrogen-bond donors (Lipinski definition) is 0. The van der Waals surface area contributed by atoms with Crippen molar-refractivity contribution in [3.05, 3.63) is 21.4 Å². The largest absolute Gasteiger partial charge is 0.282 e. The maximum atomic E-state index is 4.62. The van der Waals surface area contributed by atoms with Crippen LogP contribution in [0.1, 0.15) is 25.2 Å². The molecular formula is C10H13BrN2S2. The first-order chi connectivity index (χ1) is 7.09. The number of nitrogens with zero attached hydrogens (tertiary/aromatic N) is 2. The molecule has 82 valence electrons. The lowest BCUT2D eigenvalue weighted by Gasteiger charge is -2.02. The van der Waals surface area contributed by atoms with E-state index in [4.69, 9.17) is 0 Å². The minimum atomic E-state index is 0.651. The van der Waals surface area contributed by atoms with Crippen LogP contribution in [0.2, 0.25) is 0 Å². The molecule has 0 aliphatic rings. The van der Waals surface area contributed by atoms with Crippen molar-refractivity contribution in [2.75, 3.05) is 0 Å². The Morgan fingerprint density at radius 2 is 2.33 bits per heavy atom. The Hall–Kier alpha value is -0.0000000000000000555. The SMILES string of the molecule is Cc1csc2nc(CSC(C)C)c(Br)n12. The van der Waals surface area contributed by atoms with Crippen LogP contribution < -0.4 is 0 Å². The van der Waals surface area contributed by atoms with Crippen LogP contribution in [0.3, 0.4) is 0 Å². The third-order valence-corrected chi connectivity index (χ3v) is 4.96. The smallest absolute Gasteiger partial charge is 0.195 e. The van der Waals surface area contributed by atoms with Crippen molar-refractivity contribution >= 4 is 44.0 Å². The molecule has 0 radical (unpaired) electrons. The number of rotatable bonds is 3. The Labute approximate surface area is 106 Å². The fourth-order valence-corrected chi connectivity index (χ4v) is 3.89. The maximum absolute atomic E-state index is 4.62. The van der Waals surface area contributed by atoms with Crippen molar-refractivity contribution in [2.24, 2.45) is 0 Å². The van der Waals surface area contributed by atoms with Crippen LogP contribution in [0, 0.1) is 6.92 Å². The monoisotopic (exact) mass is 304 g/mol. The standard InChI is InChI=1S/C10H13BrN2S2/c1-6(2)14-5-8-9(11)13-7(3)4-15-10(13)12-8/h4,6H,5H2,1-3H3. The molecule has 15 heavy (non-hydrogen) atoms. The van der Waals surface area contributed by atoms with Gasteiger partial charge in [0.2, 0.25) is 0 Å². The number of aryl methyl sites for hydroxylation is 1. The minimum absolute atomic E-state index is 0.651. The average Bonchev–Trinajstić information content (AvgIpc) is 2.66. The first-order valence-corrected chi connectivity index (χ1v) is 7.54. The van der Waals surface area contributed by atoms with E-state index in [2.05, 4.69) is 51.5 Å². The van der Waals surface area contributed by atoms with Crippen LogP contribution in [-0.2, 0) is 5.75 Å². The Morgan fingerprint density at radius 1 is 1.60 bits per heavy atom. The van der Waals surface area contributed by atoms with Crippen molar-refractivity contribution in [3.63, 3.8) is 0 Å². The van der Waals surface area contributed by atoms with Gasteiger partial charge in [-0.1, -0.05) is 13.8 Å². The van der Waals surface area contributed by atoms with Crippen molar-refractivity contribution in [1.29, 1.82) is 0 Å². The summed E-state index contributed by atoms with van der Waals surface area (Å²) in [6.07, 6.45) is 0. The van der Waals surface area contributed by atoms with E-state index in [1.807, 2.05) is 11.8 Å². The van der Waals surface area contributed by atoms with Crippen LogP contribution in [0.25, 0.3) is 4.96 Å². The van der Waals surface area contributed by atoms with Crippen LogP contribution >= 0.6 is 39.0 Å². The van der Waals surface area contributed by atoms with Gasteiger partial charge in [-0.2, -0.15) is 11.8 Å². The van der Waals surface area contributed by atoms with E-state index in [0.29, 0.717) is 5.25 Å². The molecule has 5 heteroatoms. The lowest BCUT2D eigenvalue weighted by molar-refractivity contribution is 1.08. The Balaban J connectivity index is 2.32. The van der Waals surface area contributed by atoms with E-state index in [9.17, 15) is 0 Å². The molecule has 2 aromatic rings. The zero-order valence-electron chi connectivity index (χ0n) is 8.95. The molecule has 0 fully saturated rings. The van der Waals surface area contributed by atoms with Gasteiger partial charge in [-0.15, -0.1) is 11.3 Å². The predicted molar refractivity (Wildman–Crippen MR) is 71.9 cm³/mol. The molecule has 0 saturated heterocycles. The van der Waals surface area contributed by atoms with Crippen molar-refractivity contribution < 1.29 is 0 Å². The second-order valence-corrected chi connectivity index (χ2v) is 6.86. The van der Waals surface area contributed by atoms with Crippen LogP contribution in [-0.4, -0.2) is 14.6 Å². The quantitative estimate of drug-likeness (QED) is 0.849. The molecule has 0 unspecified atom stereocenters. The lowest BCUT2D eigenvalue weighted by atomic mass is 10.5. The zero-order valence-corrected chi connectivity index (χ0v) is 12.2. The van der Waals surface area contributed by atoms with Crippen LogP contribution in [0.5, 0.6) is 0 Å². The van der Waals surface area contributed by atoms with Crippen molar-refractivity contribution in [3.8, 4) is 0 Å². The molecule has 0 bridgehead atoms. The Kier molecular flexibility index (Phi) is 3.42. The van der Waals surface area contributed by atoms with E-state index in [-0.39, 0.29) is 0 Å². The zero-order chi connectivity index (χ0) is 11.0. The third kappa shape index (κ3) is 2.24. The summed E-state index contributed by atoms with van der Waals surface area (Å²) < 4.78 is 3.28. The van der Waals surface area contributed by atoms with E-state index in [1.165, 1.54) is 5.69 Å². The summed E-state index contributed by atoms with van der Waals surface area (Å²) in [5.74, 6) is 0.978. The van der Waals surface area contributed by atoms with Gasteiger partial charge >= 0.3 is 0 Å². The number of imidazole rings is 1. The van der Waals surface area contributed by atoms with Crippen molar-refractivity contribution in [2.45, 2.75) is 31.8 Å². The highest BCUT2D eigenvalue weighted by molar-refractivity contribution is 9.10.